The van der Waals surface area contributed by atoms with Crippen LogP contribution in [0.15, 0.2) is 17.9 Å². The van der Waals surface area contributed by atoms with E-state index >= 15 is 0 Å². The molecule has 0 aromatic carbocycles. The number of carbonyl (C=O) groups excluding carboxylic acids is 1. The van der Waals surface area contributed by atoms with E-state index in [0.29, 0.717) is 5.69 Å². The average Bonchev–Trinajstić information content (AvgIpc) is 2.71. The van der Waals surface area contributed by atoms with Crippen molar-refractivity contribution in [2.45, 2.75) is 6.92 Å². The first kappa shape index (κ1) is 9.08. The second-order valence-electron chi connectivity index (χ2n) is 2.98. The predicted molar refractivity (Wildman–Crippen MR) is 54.3 cm³/mol. The quantitative estimate of drug-likeness (QED) is 0.705. The number of ketones is 1. The van der Waals surface area contributed by atoms with Crippen molar-refractivity contribution < 1.29 is 4.79 Å². The number of aryl methyl sites for hydroxylation is 1. The third-order valence-corrected chi connectivity index (χ3v) is 2.77. The number of nitrogens with zero attached hydrogens (tertiary/aromatic N) is 3. The Labute approximate surface area is 85.2 Å². The van der Waals surface area contributed by atoms with Crippen molar-refractivity contribution in [3.8, 4) is 10.7 Å². The number of rotatable bonds is 2. The Morgan fingerprint density at radius 2 is 2.36 bits per heavy atom. The van der Waals surface area contributed by atoms with Gasteiger partial charge in [0.05, 0.1) is 18.2 Å². The summed E-state index contributed by atoms with van der Waals surface area (Å²) in [7, 11) is 1.90. The van der Waals surface area contributed by atoms with Crippen molar-refractivity contribution in [3.63, 3.8) is 0 Å². The van der Waals surface area contributed by atoms with Crippen LogP contribution >= 0.6 is 11.3 Å². The van der Waals surface area contributed by atoms with Crippen LogP contribution in [-0.2, 0) is 7.05 Å². The molecule has 0 spiro atoms. The van der Waals surface area contributed by atoms with E-state index in [0.717, 1.165) is 10.7 Å². The zero-order chi connectivity index (χ0) is 10.1. The highest BCUT2D eigenvalue weighted by Gasteiger charge is 2.09. The second kappa shape index (κ2) is 3.34. The zero-order valence-electron chi connectivity index (χ0n) is 7.89. The minimum Gasteiger partial charge on any atom is -0.332 e. The zero-order valence-corrected chi connectivity index (χ0v) is 8.71. The molecule has 72 valence electrons. The van der Waals surface area contributed by atoms with Crippen LogP contribution in [0.4, 0.5) is 0 Å². The van der Waals surface area contributed by atoms with Gasteiger partial charge in [-0.25, -0.2) is 9.97 Å². The number of hydrogen-bond acceptors (Lipinski definition) is 4. The lowest BCUT2D eigenvalue weighted by molar-refractivity contribution is 0.101. The van der Waals surface area contributed by atoms with E-state index in [1.807, 2.05) is 11.6 Å². The molecule has 2 heterocycles. The summed E-state index contributed by atoms with van der Waals surface area (Å²) in [5.41, 5.74) is 1.45. The molecule has 0 aliphatic heterocycles. The number of aromatic nitrogens is 3. The third kappa shape index (κ3) is 1.46. The highest BCUT2D eigenvalue weighted by atomic mass is 32.1. The molecule has 0 N–H and O–H groups in total. The van der Waals surface area contributed by atoms with Gasteiger partial charge in [-0.2, -0.15) is 0 Å². The molecule has 0 aliphatic carbocycles. The van der Waals surface area contributed by atoms with Gasteiger partial charge in [0.15, 0.2) is 5.78 Å². The van der Waals surface area contributed by atoms with Crippen LogP contribution in [0.3, 0.4) is 0 Å². The van der Waals surface area contributed by atoms with Crippen molar-refractivity contribution in [1.29, 1.82) is 0 Å². The molecule has 2 aromatic rings. The van der Waals surface area contributed by atoms with Gasteiger partial charge in [-0.15, -0.1) is 11.3 Å². The highest BCUT2D eigenvalue weighted by Crippen LogP contribution is 2.22. The van der Waals surface area contributed by atoms with Gasteiger partial charge < -0.3 is 4.57 Å². The summed E-state index contributed by atoms with van der Waals surface area (Å²) < 4.78 is 1.88. The maximum absolute atomic E-state index is 11.0. The molecule has 0 fully saturated rings. The second-order valence-corrected chi connectivity index (χ2v) is 3.84. The fourth-order valence-electron chi connectivity index (χ4n) is 1.12. The van der Waals surface area contributed by atoms with Crippen LogP contribution in [0.25, 0.3) is 10.7 Å². The summed E-state index contributed by atoms with van der Waals surface area (Å²) in [6.45, 7) is 1.52. The summed E-state index contributed by atoms with van der Waals surface area (Å²) >= 11 is 1.46. The van der Waals surface area contributed by atoms with E-state index in [-0.39, 0.29) is 5.78 Å². The molecule has 2 rings (SSSR count). The lowest BCUT2D eigenvalue weighted by atomic mass is 10.3. The van der Waals surface area contributed by atoms with Gasteiger partial charge in [-0.1, -0.05) is 0 Å². The lowest BCUT2D eigenvalue weighted by Crippen LogP contribution is -1.93. The minimum atomic E-state index is -0.00494. The van der Waals surface area contributed by atoms with Gasteiger partial charge in [-0.3, -0.25) is 4.79 Å². The van der Waals surface area contributed by atoms with E-state index in [1.165, 1.54) is 18.3 Å². The fourth-order valence-corrected chi connectivity index (χ4v) is 2.03. The van der Waals surface area contributed by atoms with Crippen LogP contribution in [-0.4, -0.2) is 20.3 Å². The van der Waals surface area contributed by atoms with Gasteiger partial charge in [-0.05, 0) is 0 Å². The van der Waals surface area contributed by atoms with Crippen molar-refractivity contribution >= 4 is 17.1 Å². The van der Waals surface area contributed by atoms with Crippen molar-refractivity contribution in [3.05, 3.63) is 23.6 Å². The molecule has 0 amide bonds. The summed E-state index contributed by atoms with van der Waals surface area (Å²) in [6, 6.07) is 0. The normalized spacial score (nSPS) is 10.4. The summed E-state index contributed by atoms with van der Waals surface area (Å²) in [5.74, 6) is -0.00494. The van der Waals surface area contributed by atoms with E-state index < -0.39 is 0 Å². The van der Waals surface area contributed by atoms with Crippen molar-refractivity contribution in [1.82, 2.24) is 14.5 Å². The summed E-state index contributed by atoms with van der Waals surface area (Å²) in [5, 5.41) is 2.60. The van der Waals surface area contributed by atoms with Crippen LogP contribution < -0.4 is 0 Å². The Morgan fingerprint density at radius 3 is 2.86 bits per heavy atom. The van der Waals surface area contributed by atoms with E-state index in [1.54, 1.807) is 17.9 Å². The number of imidazole rings is 1. The standard InChI is InChI=1S/C9H9N3OS/c1-6(13)7-4-14-9(11-7)8-3-10-5-12(8)2/h3-5H,1-2H3. The Bertz CT molecular complexity index is 472. The van der Waals surface area contributed by atoms with Gasteiger partial charge >= 0.3 is 0 Å². The van der Waals surface area contributed by atoms with Gasteiger partial charge in [0.25, 0.3) is 0 Å². The molecule has 0 unspecified atom stereocenters. The molecule has 0 atom stereocenters. The van der Waals surface area contributed by atoms with Gasteiger partial charge in [0.2, 0.25) is 0 Å². The Hall–Kier alpha value is -1.49. The molecule has 4 nitrogen and oxygen atoms in total. The molecule has 0 bridgehead atoms. The summed E-state index contributed by atoms with van der Waals surface area (Å²) in [4.78, 5) is 19.3. The molecule has 2 aromatic heterocycles. The fraction of sp³-hybridized carbons (Fsp3) is 0.222. The topological polar surface area (TPSA) is 47.8 Å². The number of carbonyl (C=O) groups is 1. The molecule has 0 radical (unpaired) electrons. The first-order valence-corrected chi connectivity index (χ1v) is 4.99. The number of thiazole rings is 1. The largest absolute Gasteiger partial charge is 0.332 e. The smallest absolute Gasteiger partial charge is 0.178 e. The molecule has 0 aliphatic rings. The molecule has 5 heteroatoms. The monoisotopic (exact) mass is 207 g/mol. The van der Waals surface area contributed by atoms with E-state index in [4.69, 9.17) is 0 Å². The minimum absolute atomic E-state index is 0.00494. The Balaban J connectivity index is 2.43. The van der Waals surface area contributed by atoms with Gasteiger partial charge in [0, 0.05) is 19.4 Å². The first-order valence-electron chi connectivity index (χ1n) is 4.11. The lowest BCUT2D eigenvalue weighted by Gasteiger charge is -1.95. The molecular weight excluding hydrogens is 198 g/mol. The number of Topliss-reactive ketones (excluding diaryl/α,β-unsaturated/α-hetero) is 1. The van der Waals surface area contributed by atoms with Crippen LogP contribution in [0.2, 0.25) is 0 Å². The van der Waals surface area contributed by atoms with Crippen LogP contribution in [0.5, 0.6) is 0 Å². The average molecular weight is 207 g/mol. The molecule has 0 saturated carbocycles. The molecule has 0 saturated heterocycles. The van der Waals surface area contributed by atoms with Crippen molar-refractivity contribution in [2.75, 3.05) is 0 Å². The number of hydrogen-bond donors (Lipinski definition) is 0. The maximum atomic E-state index is 11.0. The highest BCUT2D eigenvalue weighted by molar-refractivity contribution is 7.13. The van der Waals surface area contributed by atoms with E-state index in [9.17, 15) is 4.79 Å². The van der Waals surface area contributed by atoms with Crippen molar-refractivity contribution in [2.24, 2.45) is 7.05 Å². The molecule has 14 heavy (non-hydrogen) atoms. The third-order valence-electron chi connectivity index (χ3n) is 1.90. The van der Waals surface area contributed by atoms with E-state index in [2.05, 4.69) is 9.97 Å². The predicted octanol–water partition coefficient (Wildman–Crippen LogP) is 1.75. The van der Waals surface area contributed by atoms with Gasteiger partial charge in [0.1, 0.15) is 10.7 Å². The maximum Gasteiger partial charge on any atom is 0.178 e. The van der Waals surface area contributed by atoms with Crippen LogP contribution in [0.1, 0.15) is 17.4 Å². The van der Waals surface area contributed by atoms with Crippen LogP contribution in [0, 0.1) is 0 Å². The SMILES string of the molecule is CC(=O)c1csc(-c2cncn2C)n1. The Morgan fingerprint density at radius 1 is 1.57 bits per heavy atom. The molecular formula is C9H9N3OS. The summed E-state index contributed by atoms with van der Waals surface area (Å²) in [6.07, 6.45) is 3.45. The Kier molecular flexibility index (Phi) is 2.17. The first-order chi connectivity index (χ1) is 6.68.